The molecule has 0 atom stereocenters. The van der Waals surface area contributed by atoms with Gasteiger partial charge in [-0.25, -0.2) is 18.7 Å². The van der Waals surface area contributed by atoms with Gasteiger partial charge >= 0.3 is 0 Å². The molecule has 0 spiro atoms. The number of hydrogen-bond acceptors (Lipinski definition) is 7. The van der Waals surface area contributed by atoms with Crippen molar-refractivity contribution in [3.8, 4) is 5.75 Å². The first-order valence-electron chi connectivity index (χ1n) is 10.6. The summed E-state index contributed by atoms with van der Waals surface area (Å²) >= 11 is 6.21. The van der Waals surface area contributed by atoms with Crippen molar-refractivity contribution in [2.45, 2.75) is 18.9 Å². The lowest BCUT2D eigenvalue weighted by Gasteiger charge is -2.33. The molecule has 2 aliphatic heterocycles. The van der Waals surface area contributed by atoms with Gasteiger partial charge in [0.1, 0.15) is 17.6 Å². The zero-order valence-corrected chi connectivity index (χ0v) is 19.4. The largest absolute Gasteiger partial charge is 0.487 e. The second-order valence-corrected chi connectivity index (χ2v) is 8.03. The van der Waals surface area contributed by atoms with Crippen molar-refractivity contribution in [2.24, 2.45) is 0 Å². The fourth-order valence-electron chi connectivity index (χ4n) is 3.28. The van der Waals surface area contributed by atoms with Gasteiger partial charge in [-0.1, -0.05) is 11.6 Å². The summed E-state index contributed by atoms with van der Waals surface area (Å²) in [6.07, 6.45) is 2.45. The number of carbonyl (C=O) groups excluding carboxylic acids is 1. The van der Waals surface area contributed by atoms with E-state index in [4.69, 9.17) is 25.8 Å². The smallest absolute Gasteiger partial charge is 0.273 e. The maximum absolute atomic E-state index is 13.7. The maximum atomic E-state index is 13.7. The first-order chi connectivity index (χ1) is 15.8. The molecule has 0 bridgehead atoms. The van der Waals surface area contributed by atoms with Crippen molar-refractivity contribution in [3.63, 3.8) is 0 Å². The van der Waals surface area contributed by atoms with Crippen molar-refractivity contribution < 1.29 is 27.8 Å². The average molecular weight is 485 g/mol. The van der Waals surface area contributed by atoms with Gasteiger partial charge in [-0.3, -0.25) is 4.79 Å². The van der Waals surface area contributed by atoms with E-state index in [1.54, 1.807) is 14.1 Å². The second kappa shape index (κ2) is 12.1. The van der Waals surface area contributed by atoms with Gasteiger partial charge in [0.05, 0.1) is 32.6 Å². The molecule has 0 saturated carbocycles. The van der Waals surface area contributed by atoms with E-state index < -0.39 is 11.6 Å². The Hall–Kier alpha value is -2.56. The van der Waals surface area contributed by atoms with Gasteiger partial charge in [0.2, 0.25) is 0 Å². The third kappa shape index (κ3) is 7.21. The number of aromatic nitrogens is 2. The Kier molecular flexibility index (Phi) is 9.16. The zero-order chi connectivity index (χ0) is 23.8. The third-order valence-electron chi connectivity index (χ3n) is 5.01. The van der Waals surface area contributed by atoms with Crippen LogP contribution in [0.2, 0.25) is 5.15 Å². The lowest BCUT2D eigenvalue weighted by Crippen LogP contribution is -2.39. The summed E-state index contributed by atoms with van der Waals surface area (Å²) in [5.74, 6) is -1.09. The minimum Gasteiger partial charge on any atom is -0.487 e. The number of nitrogens with zero attached hydrogens (tertiary/aromatic N) is 4. The molecule has 11 heteroatoms. The molecular formula is C22H27ClF2N4O4. The number of hydrogen-bond donors (Lipinski definition) is 0. The van der Waals surface area contributed by atoms with Crippen LogP contribution in [0.3, 0.4) is 0 Å². The molecule has 33 heavy (non-hydrogen) atoms. The Balaban J connectivity index is 0.000000442. The molecule has 3 heterocycles. The van der Waals surface area contributed by atoms with Crippen molar-refractivity contribution in [1.82, 2.24) is 14.9 Å². The van der Waals surface area contributed by atoms with E-state index in [1.807, 2.05) is 4.90 Å². The topological polar surface area (TPSA) is 77.0 Å². The Bertz CT molecular complexity index is 927. The molecule has 8 nitrogen and oxygen atoms in total. The number of ether oxygens (including phenoxy) is 3. The predicted octanol–water partition coefficient (Wildman–Crippen LogP) is 3.19. The van der Waals surface area contributed by atoms with Gasteiger partial charge in [-0.15, -0.1) is 0 Å². The highest BCUT2D eigenvalue weighted by molar-refractivity contribution is 6.31. The molecule has 0 unspecified atom stereocenters. The van der Waals surface area contributed by atoms with Crippen LogP contribution < -0.4 is 9.64 Å². The molecule has 180 valence electrons. The fraction of sp³-hybridized carbons (Fsp3) is 0.500. The monoisotopic (exact) mass is 484 g/mol. The van der Waals surface area contributed by atoms with Gasteiger partial charge in [0.25, 0.3) is 5.91 Å². The molecule has 0 aliphatic carbocycles. The van der Waals surface area contributed by atoms with E-state index in [-0.39, 0.29) is 28.6 Å². The molecule has 2 aliphatic rings. The Morgan fingerprint density at radius 3 is 2.30 bits per heavy atom. The van der Waals surface area contributed by atoms with Gasteiger partial charge in [-0.05, 0) is 12.1 Å². The number of piperidine rings is 1. The van der Waals surface area contributed by atoms with E-state index in [2.05, 4.69) is 9.97 Å². The Labute approximate surface area is 196 Å². The fourth-order valence-corrected chi connectivity index (χ4v) is 3.54. The van der Waals surface area contributed by atoms with E-state index in [0.717, 1.165) is 32.5 Å². The zero-order valence-electron chi connectivity index (χ0n) is 18.6. The highest BCUT2D eigenvalue weighted by Crippen LogP contribution is 2.27. The number of halogens is 3. The molecule has 2 aromatic rings. The number of carbonyl (C=O) groups is 1. The molecule has 2 saturated heterocycles. The van der Waals surface area contributed by atoms with Crippen LogP contribution >= 0.6 is 11.6 Å². The standard InChI is InChI=1S/C18H19ClF2N4O2.C4H8O2/c1-24(2)18(26)14-10-22-17(16(19)23-14)25-7-5-12(6-8-25)27-15-4-3-11(20)9-13(15)21;1-2-6-4-3-5-1/h3-4,9-10,12H,5-8H2,1-2H3;1-4H2. The summed E-state index contributed by atoms with van der Waals surface area (Å²) in [5, 5.41) is 0.159. The number of amides is 1. The van der Waals surface area contributed by atoms with E-state index >= 15 is 0 Å². The Morgan fingerprint density at radius 1 is 1.15 bits per heavy atom. The van der Waals surface area contributed by atoms with Crippen molar-refractivity contribution >= 4 is 23.3 Å². The van der Waals surface area contributed by atoms with Crippen LogP contribution in [0.25, 0.3) is 0 Å². The van der Waals surface area contributed by atoms with Crippen molar-refractivity contribution in [1.29, 1.82) is 0 Å². The minimum atomic E-state index is -0.715. The van der Waals surface area contributed by atoms with E-state index in [0.29, 0.717) is 31.7 Å². The van der Waals surface area contributed by atoms with Crippen molar-refractivity contribution in [2.75, 3.05) is 58.5 Å². The molecule has 1 aromatic carbocycles. The second-order valence-electron chi connectivity index (χ2n) is 7.67. The number of rotatable bonds is 4. The van der Waals surface area contributed by atoms with Crippen LogP contribution in [-0.4, -0.2) is 80.5 Å². The average Bonchev–Trinajstić information content (AvgIpc) is 2.82. The van der Waals surface area contributed by atoms with Gasteiger partial charge in [-0.2, -0.15) is 0 Å². The summed E-state index contributed by atoms with van der Waals surface area (Å²) in [6.45, 7) is 4.28. The molecule has 0 N–H and O–H groups in total. The first-order valence-corrected chi connectivity index (χ1v) is 11.0. The summed E-state index contributed by atoms with van der Waals surface area (Å²) in [7, 11) is 3.25. The highest BCUT2D eigenvalue weighted by Gasteiger charge is 2.25. The summed E-state index contributed by atoms with van der Waals surface area (Å²) < 4.78 is 42.2. The van der Waals surface area contributed by atoms with Crippen LogP contribution in [0.5, 0.6) is 5.75 Å². The first kappa shape index (κ1) is 25.1. The summed E-state index contributed by atoms with van der Waals surface area (Å²) in [4.78, 5) is 23.7. The predicted molar refractivity (Wildman–Crippen MR) is 119 cm³/mol. The lowest BCUT2D eigenvalue weighted by atomic mass is 10.1. The summed E-state index contributed by atoms with van der Waals surface area (Å²) in [5.41, 5.74) is 0.179. The molecule has 4 rings (SSSR count). The van der Waals surface area contributed by atoms with Gasteiger partial charge in [0, 0.05) is 46.1 Å². The SMILES string of the molecule is C1COCCO1.CN(C)C(=O)c1cnc(N2CCC(Oc3ccc(F)cc3F)CC2)c(Cl)n1. The van der Waals surface area contributed by atoms with Crippen LogP contribution in [0, 0.1) is 11.6 Å². The number of anilines is 1. The third-order valence-corrected chi connectivity index (χ3v) is 5.26. The summed E-state index contributed by atoms with van der Waals surface area (Å²) in [6, 6.07) is 3.26. The van der Waals surface area contributed by atoms with E-state index in [9.17, 15) is 13.6 Å². The van der Waals surface area contributed by atoms with Crippen molar-refractivity contribution in [3.05, 3.63) is 46.9 Å². The molecule has 2 fully saturated rings. The molecular weight excluding hydrogens is 458 g/mol. The maximum Gasteiger partial charge on any atom is 0.273 e. The number of benzene rings is 1. The molecule has 0 radical (unpaired) electrons. The van der Waals surface area contributed by atoms with Crippen LogP contribution in [-0.2, 0) is 9.47 Å². The van der Waals surface area contributed by atoms with E-state index in [1.165, 1.54) is 23.2 Å². The normalized spacial score (nSPS) is 16.6. The van der Waals surface area contributed by atoms with Crippen LogP contribution in [0.4, 0.5) is 14.6 Å². The lowest BCUT2D eigenvalue weighted by molar-refractivity contribution is -0.0334. The highest BCUT2D eigenvalue weighted by atomic mass is 35.5. The minimum absolute atomic E-state index is 0.0409. The molecule has 1 amide bonds. The molecule has 1 aromatic heterocycles. The van der Waals surface area contributed by atoms with Gasteiger partial charge in [0.15, 0.2) is 22.5 Å². The quantitative estimate of drug-likeness (QED) is 0.659. The van der Waals surface area contributed by atoms with Gasteiger partial charge < -0.3 is 24.0 Å². The Morgan fingerprint density at radius 2 is 1.79 bits per heavy atom. The van der Waals surface area contributed by atoms with Crippen LogP contribution in [0.15, 0.2) is 24.4 Å². The van der Waals surface area contributed by atoms with Crippen LogP contribution in [0.1, 0.15) is 23.3 Å².